The molecule has 0 bridgehead atoms. The van der Waals surface area contributed by atoms with Crippen molar-refractivity contribution in [3.05, 3.63) is 45.6 Å². The van der Waals surface area contributed by atoms with Crippen LogP contribution >= 0.6 is 0 Å². The van der Waals surface area contributed by atoms with E-state index in [1.807, 2.05) is 20.8 Å². The van der Waals surface area contributed by atoms with Crippen LogP contribution in [-0.4, -0.2) is 22.6 Å². The van der Waals surface area contributed by atoms with Crippen LogP contribution in [0.1, 0.15) is 32.0 Å². The SMILES string of the molecule is Cc1ccc([N+](=O)[O-])c(OCC(=O)Nc2cc(C(C)(C)C)no2)c1. The first-order chi connectivity index (χ1) is 11.2. The van der Waals surface area contributed by atoms with Crippen molar-refractivity contribution in [3.8, 4) is 5.75 Å². The maximum atomic E-state index is 11.9. The number of nitro benzene ring substituents is 1. The van der Waals surface area contributed by atoms with Crippen LogP contribution < -0.4 is 10.1 Å². The zero-order chi connectivity index (χ0) is 17.9. The minimum absolute atomic E-state index is 0.0445. The largest absolute Gasteiger partial charge is 0.477 e. The van der Waals surface area contributed by atoms with Crippen LogP contribution in [0.3, 0.4) is 0 Å². The molecule has 0 fully saturated rings. The van der Waals surface area contributed by atoms with Gasteiger partial charge in [-0.15, -0.1) is 0 Å². The molecule has 0 atom stereocenters. The summed E-state index contributed by atoms with van der Waals surface area (Å²) in [6.07, 6.45) is 0. The van der Waals surface area contributed by atoms with Crippen molar-refractivity contribution in [3.63, 3.8) is 0 Å². The van der Waals surface area contributed by atoms with Crippen LogP contribution in [0.2, 0.25) is 0 Å². The Balaban J connectivity index is 2.00. The minimum atomic E-state index is -0.557. The van der Waals surface area contributed by atoms with E-state index in [0.29, 0.717) is 5.69 Å². The molecule has 1 aromatic carbocycles. The fourth-order valence-corrected chi connectivity index (χ4v) is 1.89. The molecule has 8 heteroatoms. The summed E-state index contributed by atoms with van der Waals surface area (Å²) in [7, 11) is 0. The number of amides is 1. The Labute approximate surface area is 138 Å². The molecule has 0 aliphatic carbocycles. The van der Waals surface area contributed by atoms with Gasteiger partial charge in [-0.25, -0.2) is 0 Å². The van der Waals surface area contributed by atoms with E-state index in [4.69, 9.17) is 9.26 Å². The Morgan fingerprint density at radius 3 is 2.67 bits per heavy atom. The maximum absolute atomic E-state index is 11.9. The van der Waals surface area contributed by atoms with Gasteiger partial charge in [0.25, 0.3) is 5.91 Å². The minimum Gasteiger partial charge on any atom is -0.477 e. The fraction of sp³-hybridized carbons (Fsp3) is 0.375. The lowest BCUT2D eigenvalue weighted by molar-refractivity contribution is -0.385. The van der Waals surface area contributed by atoms with Gasteiger partial charge < -0.3 is 9.26 Å². The van der Waals surface area contributed by atoms with E-state index < -0.39 is 10.8 Å². The lowest BCUT2D eigenvalue weighted by Gasteiger charge is -2.12. The quantitative estimate of drug-likeness (QED) is 0.665. The summed E-state index contributed by atoms with van der Waals surface area (Å²) < 4.78 is 10.3. The predicted octanol–water partition coefficient (Wildman–Crippen LogP) is 3.21. The van der Waals surface area contributed by atoms with Crippen molar-refractivity contribution >= 4 is 17.5 Å². The van der Waals surface area contributed by atoms with Crippen molar-refractivity contribution in [2.45, 2.75) is 33.1 Å². The van der Waals surface area contributed by atoms with Crippen LogP contribution in [0.25, 0.3) is 0 Å². The average Bonchev–Trinajstić information content (AvgIpc) is 2.93. The van der Waals surface area contributed by atoms with Crippen LogP contribution in [0, 0.1) is 17.0 Å². The average molecular weight is 333 g/mol. The highest BCUT2D eigenvalue weighted by atomic mass is 16.6. The predicted molar refractivity (Wildman–Crippen MR) is 87.2 cm³/mol. The zero-order valence-electron chi connectivity index (χ0n) is 14.0. The third kappa shape index (κ3) is 4.31. The normalized spacial score (nSPS) is 11.2. The number of hydrogen-bond donors (Lipinski definition) is 1. The number of aryl methyl sites for hydroxylation is 1. The lowest BCUT2D eigenvalue weighted by Crippen LogP contribution is -2.20. The number of benzene rings is 1. The topological polar surface area (TPSA) is 108 Å². The molecular formula is C16H19N3O5. The Morgan fingerprint density at radius 2 is 2.08 bits per heavy atom. The summed E-state index contributed by atoms with van der Waals surface area (Å²) in [6.45, 7) is 7.30. The molecule has 0 aliphatic heterocycles. The van der Waals surface area contributed by atoms with Crippen LogP contribution in [0.15, 0.2) is 28.8 Å². The van der Waals surface area contributed by atoms with Crippen LogP contribution in [-0.2, 0) is 10.2 Å². The van der Waals surface area contributed by atoms with Crippen LogP contribution in [0.5, 0.6) is 5.75 Å². The Bertz CT molecular complexity index is 761. The number of carbonyl (C=O) groups excluding carboxylic acids is 1. The summed E-state index contributed by atoms with van der Waals surface area (Å²) in [6, 6.07) is 6.09. The highest BCUT2D eigenvalue weighted by Gasteiger charge is 2.20. The first-order valence-electron chi connectivity index (χ1n) is 7.31. The van der Waals surface area contributed by atoms with E-state index in [1.165, 1.54) is 12.1 Å². The van der Waals surface area contributed by atoms with E-state index in [-0.39, 0.29) is 29.3 Å². The molecule has 2 aromatic rings. The monoisotopic (exact) mass is 333 g/mol. The van der Waals surface area contributed by atoms with E-state index >= 15 is 0 Å². The molecule has 0 saturated heterocycles. The molecule has 0 aliphatic rings. The first-order valence-corrected chi connectivity index (χ1v) is 7.31. The van der Waals surface area contributed by atoms with Gasteiger partial charge in [-0.3, -0.25) is 20.2 Å². The summed E-state index contributed by atoms with van der Waals surface area (Å²) in [5, 5.41) is 17.4. The van der Waals surface area contributed by atoms with Gasteiger partial charge in [-0.05, 0) is 18.6 Å². The van der Waals surface area contributed by atoms with Gasteiger partial charge in [-0.1, -0.05) is 32.0 Å². The van der Waals surface area contributed by atoms with E-state index in [9.17, 15) is 14.9 Å². The summed E-state index contributed by atoms with van der Waals surface area (Å²) >= 11 is 0. The Kier molecular flexibility index (Phi) is 4.87. The number of anilines is 1. The second kappa shape index (κ2) is 6.69. The number of nitrogens with one attached hydrogen (secondary N) is 1. The third-order valence-electron chi connectivity index (χ3n) is 3.21. The first kappa shape index (κ1) is 17.5. The standard InChI is InChI=1S/C16H19N3O5/c1-10-5-6-11(19(21)22)12(7-10)23-9-14(20)17-15-8-13(18-24-15)16(2,3)4/h5-8H,9H2,1-4H3,(H,17,20). The van der Waals surface area contributed by atoms with Gasteiger partial charge in [0.05, 0.1) is 10.6 Å². The van der Waals surface area contributed by atoms with Crippen molar-refractivity contribution in [2.24, 2.45) is 0 Å². The molecule has 1 heterocycles. The molecule has 24 heavy (non-hydrogen) atoms. The number of nitro groups is 1. The zero-order valence-corrected chi connectivity index (χ0v) is 14.0. The van der Waals surface area contributed by atoms with E-state index in [2.05, 4.69) is 10.5 Å². The number of ether oxygens (including phenoxy) is 1. The molecule has 0 radical (unpaired) electrons. The van der Waals surface area contributed by atoms with Crippen LogP contribution in [0.4, 0.5) is 11.6 Å². The molecule has 2 rings (SSSR count). The van der Waals surface area contributed by atoms with E-state index in [0.717, 1.165) is 5.56 Å². The van der Waals surface area contributed by atoms with Gasteiger partial charge in [-0.2, -0.15) is 0 Å². The Morgan fingerprint density at radius 1 is 1.38 bits per heavy atom. The van der Waals surface area contributed by atoms with Gasteiger partial charge in [0.2, 0.25) is 5.88 Å². The van der Waals surface area contributed by atoms with Gasteiger partial charge >= 0.3 is 5.69 Å². The highest BCUT2D eigenvalue weighted by molar-refractivity contribution is 5.90. The third-order valence-corrected chi connectivity index (χ3v) is 3.21. The fourth-order valence-electron chi connectivity index (χ4n) is 1.89. The molecule has 128 valence electrons. The van der Waals surface area contributed by atoms with Crippen molar-refractivity contribution in [2.75, 3.05) is 11.9 Å². The molecule has 8 nitrogen and oxygen atoms in total. The number of rotatable bonds is 5. The maximum Gasteiger partial charge on any atom is 0.310 e. The van der Waals surface area contributed by atoms with E-state index in [1.54, 1.807) is 19.1 Å². The van der Waals surface area contributed by atoms with Gasteiger partial charge in [0.15, 0.2) is 12.4 Å². The molecule has 1 aromatic heterocycles. The molecule has 1 N–H and O–H groups in total. The smallest absolute Gasteiger partial charge is 0.310 e. The molecule has 0 unspecified atom stereocenters. The second-order valence-electron chi connectivity index (χ2n) is 6.39. The lowest BCUT2D eigenvalue weighted by atomic mass is 9.92. The number of carbonyl (C=O) groups is 1. The Hall–Kier alpha value is -2.90. The highest BCUT2D eigenvalue weighted by Crippen LogP contribution is 2.28. The number of hydrogen-bond acceptors (Lipinski definition) is 6. The molecular weight excluding hydrogens is 314 g/mol. The summed E-state index contributed by atoms with van der Waals surface area (Å²) in [5.41, 5.74) is 1.10. The molecule has 0 spiro atoms. The second-order valence-corrected chi connectivity index (χ2v) is 6.39. The summed E-state index contributed by atoms with van der Waals surface area (Å²) in [5.74, 6) is -0.252. The number of nitrogens with zero attached hydrogens (tertiary/aromatic N) is 2. The van der Waals surface area contributed by atoms with Gasteiger partial charge in [0, 0.05) is 17.5 Å². The van der Waals surface area contributed by atoms with Crippen molar-refractivity contribution in [1.82, 2.24) is 5.16 Å². The summed E-state index contributed by atoms with van der Waals surface area (Å²) in [4.78, 5) is 22.3. The molecule has 1 amide bonds. The number of aromatic nitrogens is 1. The van der Waals surface area contributed by atoms with Crippen molar-refractivity contribution in [1.29, 1.82) is 0 Å². The van der Waals surface area contributed by atoms with Crippen molar-refractivity contribution < 1.29 is 19.0 Å². The van der Waals surface area contributed by atoms with Gasteiger partial charge in [0.1, 0.15) is 0 Å². The molecule has 0 saturated carbocycles.